The minimum Gasteiger partial charge on any atom is -0.490 e. The zero-order valence-electron chi connectivity index (χ0n) is 11.3. The Hall–Kier alpha value is -1.22. The van der Waals surface area contributed by atoms with Gasteiger partial charge in [0.05, 0.1) is 0 Å². The lowest BCUT2D eigenvalue weighted by Gasteiger charge is -2.15. The van der Waals surface area contributed by atoms with E-state index in [4.69, 9.17) is 15.2 Å². The van der Waals surface area contributed by atoms with Gasteiger partial charge in [-0.15, -0.1) is 0 Å². The summed E-state index contributed by atoms with van der Waals surface area (Å²) in [4.78, 5) is 0. The van der Waals surface area contributed by atoms with Crippen molar-refractivity contribution in [2.24, 2.45) is 5.73 Å². The van der Waals surface area contributed by atoms with Gasteiger partial charge in [0, 0.05) is 35.6 Å². The summed E-state index contributed by atoms with van der Waals surface area (Å²) in [6, 6.07) is 2.32. The quantitative estimate of drug-likeness (QED) is 0.871. The number of ether oxygens (including phenoxy) is 2. The van der Waals surface area contributed by atoms with Crippen molar-refractivity contribution in [3.8, 4) is 11.5 Å². The van der Waals surface area contributed by atoms with E-state index in [1.165, 1.54) is 16.7 Å². The van der Waals surface area contributed by atoms with E-state index in [1.807, 2.05) is 6.92 Å². The van der Waals surface area contributed by atoms with Crippen LogP contribution in [-0.4, -0.2) is 18.2 Å². The summed E-state index contributed by atoms with van der Waals surface area (Å²) in [6.07, 6.45) is 3.36. The molecule has 3 rings (SSSR count). The number of benzene rings is 1. The Kier molecular flexibility index (Phi) is 2.74. The van der Waals surface area contributed by atoms with Gasteiger partial charge in [0.2, 0.25) is 0 Å². The predicted octanol–water partition coefficient (Wildman–Crippen LogP) is 2.22. The number of fused-ring (bicyclic) bond motifs is 2. The summed E-state index contributed by atoms with van der Waals surface area (Å²) in [5.74, 6) is 2.13. The molecule has 3 nitrogen and oxygen atoms in total. The van der Waals surface area contributed by atoms with E-state index in [2.05, 4.69) is 19.9 Å². The van der Waals surface area contributed by atoms with Crippen LogP contribution in [0.1, 0.15) is 37.5 Å². The van der Waals surface area contributed by atoms with Crippen molar-refractivity contribution in [3.63, 3.8) is 0 Å². The van der Waals surface area contributed by atoms with Gasteiger partial charge in [-0.05, 0) is 33.3 Å². The van der Waals surface area contributed by atoms with Crippen LogP contribution in [0.4, 0.5) is 0 Å². The Bertz CT molecular complexity index is 446. The highest BCUT2D eigenvalue weighted by Crippen LogP contribution is 2.43. The summed E-state index contributed by atoms with van der Waals surface area (Å²) in [6.45, 7) is 6.28. The fraction of sp³-hybridized carbons (Fsp3) is 0.600. The lowest BCUT2D eigenvalue weighted by molar-refractivity contribution is 0.251. The van der Waals surface area contributed by atoms with Crippen molar-refractivity contribution in [1.82, 2.24) is 0 Å². The molecule has 2 N–H and O–H groups in total. The van der Waals surface area contributed by atoms with Crippen LogP contribution in [0, 0.1) is 0 Å². The Morgan fingerprint density at radius 1 is 1.28 bits per heavy atom. The number of hydrogen-bond donors (Lipinski definition) is 1. The number of rotatable bonds is 2. The third-order valence-corrected chi connectivity index (χ3v) is 3.71. The first kappa shape index (κ1) is 11.8. The smallest absolute Gasteiger partial charge is 0.126 e. The van der Waals surface area contributed by atoms with E-state index in [0.29, 0.717) is 0 Å². The second-order valence-corrected chi connectivity index (χ2v) is 5.77. The fourth-order valence-corrected chi connectivity index (χ4v) is 3.05. The SMILES string of the molecule is CC(N)Cc1c2c(cc3c1OC(C)C3)OC(C)C2. The van der Waals surface area contributed by atoms with Crippen molar-refractivity contribution in [2.45, 2.75) is 58.3 Å². The molecule has 3 unspecified atom stereocenters. The molecule has 0 radical (unpaired) electrons. The molecule has 0 saturated carbocycles. The summed E-state index contributed by atoms with van der Waals surface area (Å²) in [5.41, 5.74) is 9.87. The predicted molar refractivity (Wildman–Crippen MR) is 71.4 cm³/mol. The Balaban J connectivity index is 2.09. The molecular formula is C15H21NO2. The first-order chi connectivity index (χ1) is 8.54. The normalized spacial score (nSPS) is 26.2. The third-order valence-electron chi connectivity index (χ3n) is 3.71. The lowest BCUT2D eigenvalue weighted by Crippen LogP contribution is -2.19. The molecule has 3 heteroatoms. The molecule has 1 aromatic carbocycles. The standard InChI is InChI=1S/C15H21NO2/c1-8(16)4-13-12-6-10(3)17-14(12)7-11-5-9(2)18-15(11)13/h7-10H,4-6,16H2,1-3H3. The van der Waals surface area contributed by atoms with Gasteiger partial charge in [0.15, 0.2) is 0 Å². The van der Waals surface area contributed by atoms with Crippen molar-refractivity contribution < 1.29 is 9.47 Å². The maximum Gasteiger partial charge on any atom is 0.126 e. The first-order valence-corrected chi connectivity index (χ1v) is 6.81. The minimum absolute atomic E-state index is 0.149. The Morgan fingerprint density at radius 3 is 2.72 bits per heavy atom. The first-order valence-electron chi connectivity index (χ1n) is 6.81. The molecule has 0 aromatic heterocycles. The van der Waals surface area contributed by atoms with Crippen LogP contribution in [0.3, 0.4) is 0 Å². The molecule has 1 aromatic rings. The zero-order valence-corrected chi connectivity index (χ0v) is 11.3. The van der Waals surface area contributed by atoms with Crippen LogP contribution in [-0.2, 0) is 19.3 Å². The molecule has 2 heterocycles. The van der Waals surface area contributed by atoms with E-state index in [1.54, 1.807) is 0 Å². The highest BCUT2D eigenvalue weighted by molar-refractivity contribution is 5.57. The molecule has 0 saturated heterocycles. The molecular weight excluding hydrogens is 226 g/mol. The van der Waals surface area contributed by atoms with Gasteiger partial charge in [-0.1, -0.05) is 0 Å². The Labute approximate surface area is 108 Å². The highest BCUT2D eigenvalue weighted by Gasteiger charge is 2.31. The van der Waals surface area contributed by atoms with Gasteiger partial charge >= 0.3 is 0 Å². The van der Waals surface area contributed by atoms with Gasteiger partial charge in [-0.2, -0.15) is 0 Å². The summed E-state index contributed by atoms with van der Waals surface area (Å²) in [5, 5.41) is 0. The highest BCUT2D eigenvalue weighted by atomic mass is 16.5. The fourth-order valence-electron chi connectivity index (χ4n) is 3.05. The van der Waals surface area contributed by atoms with E-state index in [-0.39, 0.29) is 18.2 Å². The minimum atomic E-state index is 0.149. The van der Waals surface area contributed by atoms with Crippen molar-refractivity contribution in [2.75, 3.05) is 0 Å². The monoisotopic (exact) mass is 247 g/mol. The van der Waals surface area contributed by atoms with Crippen molar-refractivity contribution in [1.29, 1.82) is 0 Å². The van der Waals surface area contributed by atoms with Crippen LogP contribution < -0.4 is 15.2 Å². The van der Waals surface area contributed by atoms with E-state index in [9.17, 15) is 0 Å². The van der Waals surface area contributed by atoms with Crippen molar-refractivity contribution >= 4 is 0 Å². The lowest BCUT2D eigenvalue weighted by atomic mass is 9.94. The van der Waals surface area contributed by atoms with E-state index < -0.39 is 0 Å². The average Bonchev–Trinajstić information content (AvgIpc) is 2.79. The maximum absolute atomic E-state index is 5.99. The molecule has 0 aliphatic carbocycles. The zero-order chi connectivity index (χ0) is 12.9. The van der Waals surface area contributed by atoms with Crippen molar-refractivity contribution in [3.05, 3.63) is 22.8 Å². The van der Waals surface area contributed by atoms with E-state index >= 15 is 0 Å². The molecule has 0 fully saturated rings. The topological polar surface area (TPSA) is 44.5 Å². The number of nitrogens with two attached hydrogens (primary N) is 1. The molecule has 0 spiro atoms. The van der Waals surface area contributed by atoms with E-state index in [0.717, 1.165) is 30.8 Å². The molecule has 3 atom stereocenters. The summed E-state index contributed by atoms with van der Waals surface area (Å²) < 4.78 is 11.9. The second kappa shape index (κ2) is 4.16. The molecule has 18 heavy (non-hydrogen) atoms. The molecule has 2 aliphatic heterocycles. The maximum atomic E-state index is 5.99. The second-order valence-electron chi connectivity index (χ2n) is 5.77. The van der Waals surface area contributed by atoms with Gasteiger partial charge in [0.1, 0.15) is 23.7 Å². The average molecular weight is 247 g/mol. The number of hydrogen-bond acceptors (Lipinski definition) is 3. The molecule has 0 bridgehead atoms. The molecule has 0 amide bonds. The summed E-state index contributed by atoms with van der Waals surface area (Å²) in [7, 11) is 0. The van der Waals surface area contributed by atoms with Crippen LogP contribution in [0.5, 0.6) is 11.5 Å². The molecule has 98 valence electrons. The molecule has 2 aliphatic rings. The summed E-state index contributed by atoms with van der Waals surface area (Å²) >= 11 is 0. The van der Waals surface area contributed by atoms with Gasteiger partial charge in [-0.3, -0.25) is 0 Å². The van der Waals surface area contributed by atoms with Crippen LogP contribution in [0.25, 0.3) is 0 Å². The van der Waals surface area contributed by atoms with Gasteiger partial charge in [-0.25, -0.2) is 0 Å². The van der Waals surface area contributed by atoms with Gasteiger partial charge in [0.25, 0.3) is 0 Å². The van der Waals surface area contributed by atoms with Crippen LogP contribution in [0.2, 0.25) is 0 Å². The van der Waals surface area contributed by atoms with Crippen LogP contribution >= 0.6 is 0 Å². The van der Waals surface area contributed by atoms with Crippen LogP contribution in [0.15, 0.2) is 6.07 Å². The van der Waals surface area contributed by atoms with Gasteiger partial charge < -0.3 is 15.2 Å². The largest absolute Gasteiger partial charge is 0.490 e. The third kappa shape index (κ3) is 1.87. The Morgan fingerprint density at radius 2 is 2.00 bits per heavy atom.